The van der Waals surface area contributed by atoms with E-state index in [0.717, 1.165) is 0 Å². The fraction of sp³-hybridized carbons (Fsp3) is 0.933. The average molecular weight is 274 g/mol. The number of carbonyl (C=O) groups excluding carboxylic acids is 1. The van der Waals surface area contributed by atoms with Gasteiger partial charge in [-0.2, -0.15) is 0 Å². The van der Waals surface area contributed by atoms with E-state index in [2.05, 4.69) is 20.8 Å². The molecule has 19 heavy (non-hydrogen) atoms. The maximum Gasteiger partial charge on any atom is 0.306 e. The standard InChI is InChI=1S/C15H30O4/c1-6-7-8-12(2)13(3)11-15(16)19-10-9-18-14(4)17-5/h12-14H,6-11H2,1-5H3. The minimum atomic E-state index is -0.258. The molecule has 0 aliphatic heterocycles. The minimum Gasteiger partial charge on any atom is -0.463 e. The van der Waals surface area contributed by atoms with Crippen molar-refractivity contribution in [2.75, 3.05) is 20.3 Å². The number of unbranched alkanes of at least 4 members (excludes halogenated alkanes) is 1. The van der Waals surface area contributed by atoms with Crippen molar-refractivity contribution in [2.45, 2.75) is 59.7 Å². The van der Waals surface area contributed by atoms with E-state index in [1.165, 1.54) is 19.3 Å². The molecule has 3 atom stereocenters. The third kappa shape index (κ3) is 9.91. The highest BCUT2D eigenvalue weighted by Crippen LogP contribution is 2.21. The van der Waals surface area contributed by atoms with Crippen molar-refractivity contribution in [3.8, 4) is 0 Å². The molecule has 0 heterocycles. The Labute approximate surface area is 117 Å². The SMILES string of the molecule is CCCCC(C)C(C)CC(=O)OCCOC(C)OC. The van der Waals surface area contributed by atoms with Crippen molar-refractivity contribution in [1.82, 2.24) is 0 Å². The van der Waals surface area contributed by atoms with Crippen LogP contribution in [0.25, 0.3) is 0 Å². The van der Waals surface area contributed by atoms with E-state index < -0.39 is 0 Å². The van der Waals surface area contributed by atoms with E-state index in [9.17, 15) is 4.79 Å². The topological polar surface area (TPSA) is 44.8 Å². The number of esters is 1. The van der Waals surface area contributed by atoms with Gasteiger partial charge in [-0.25, -0.2) is 0 Å². The van der Waals surface area contributed by atoms with Gasteiger partial charge in [-0.1, -0.05) is 40.0 Å². The molecule has 4 nitrogen and oxygen atoms in total. The molecule has 3 unspecified atom stereocenters. The van der Waals surface area contributed by atoms with Gasteiger partial charge < -0.3 is 14.2 Å². The molecule has 0 bridgehead atoms. The monoisotopic (exact) mass is 274 g/mol. The second-order valence-corrected chi connectivity index (χ2v) is 5.20. The van der Waals surface area contributed by atoms with Crippen molar-refractivity contribution in [3.63, 3.8) is 0 Å². The van der Waals surface area contributed by atoms with E-state index in [1.807, 2.05) is 0 Å². The van der Waals surface area contributed by atoms with Gasteiger partial charge in [0, 0.05) is 13.5 Å². The van der Waals surface area contributed by atoms with Crippen LogP contribution in [-0.2, 0) is 19.0 Å². The highest BCUT2D eigenvalue weighted by Gasteiger charge is 2.16. The zero-order valence-corrected chi connectivity index (χ0v) is 13.1. The summed E-state index contributed by atoms with van der Waals surface area (Å²) in [7, 11) is 1.58. The van der Waals surface area contributed by atoms with E-state index in [1.54, 1.807) is 14.0 Å². The van der Waals surface area contributed by atoms with E-state index >= 15 is 0 Å². The Kier molecular flexibility index (Phi) is 10.9. The van der Waals surface area contributed by atoms with Crippen molar-refractivity contribution >= 4 is 5.97 Å². The third-order valence-electron chi connectivity index (χ3n) is 3.50. The molecule has 0 rings (SSSR count). The van der Waals surface area contributed by atoms with Crippen LogP contribution in [0.2, 0.25) is 0 Å². The van der Waals surface area contributed by atoms with Gasteiger partial charge in [0.2, 0.25) is 0 Å². The molecule has 0 aliphatic carbocycles. The zero-order valence-electron chi connectivity index (χ0n) is 13.1. The van der Waals surface area contributed by atoms with Crippen molar-refractivity contribution in [3.05, 3.63) is 0 Å². The third-order valence-corrected chi connectivity index (χ3v) is 3.50. The van der Waals surface area contributed by atoms with Crippen molar-refractivity contribution in [2.24, 2.45) is 11.8 Å². The molecule has 0 aromatic carbocycles. The van der Waals surface area contributed by atoms with Crippen LogP contribution in [-0.4, -0.2) is 32.6 Å². The van der Waals surface area contributed by atoms with Crippen LogP contribution < -0.4 is 0 Å². The number of methoxy groups -OCH3 is 1. The first-order valence-corrected chi connectivity index (χ1v) is 7.31. The van der Waals surface area contributed by atoms with Gasteiger partial charge in [-0.15, -0.1) is 0 Å². The van der Waals surface area contributed by atoms with Crippen LogP contribution in [0, 0.1) is 11.8 Å². The Morgan fingerprint density at radius 2 is 1.79 bits per heavy atom. The maximum absolute atomic E-state index is 11.6. The molecule has 0 fully saturated rings. The van der Waals surface area contributed by atoms with Gasteiger partial charge in [-0.05, 0) is 18.8 Å². The number of ether oxygens (including phenoxy) is 3. The quantitative estimate of drug-likeness (QED) is 0.329. The molecule has 0 aromatic heterocycles. The summed E-state index contributed by atoms with van der Waals surface area (Å²) in [4.78, 5) is 11.6. The fourth-order valence-electron chi connectivity index (χ4n) is 1.77. The van der Waals surface area contributed by atoms with Crippen LogP contribution in [0.4, 0.5) is 0 Å². The number of hydrogen-bond donors (Lipinski definition) is 0. The van der Waals surface area contributed by atoms with E-state index in [0.29, 0.717) is 31.5 Å². The minimum absolute atomic E-state index is 0.135. The lowest BCUT2D eigenvalue weighted by atomic mass is 9.89. The lowest BCUT2D eigenvalue weighted by Gasteiger charge is -2.19. The van der Waals surface area contributed by atoms with Gasteiger partial charge in [-0.3, -0.25) is 4.79 Å². The number of hydrogen-bond acceptors (Lipinski definition) is 4. The summed E-state index contributed by atoms with van der Waals surface area (Å²) >= 11 is 0. The van der Waals surface area contributed by atoms with Gasteiger partial charge in [0.15, 0.2) is 6.29 Å². The van der Waals surface area contributed by atoms with Gasteiger partial charge in [0.25, 0.3) is 0 Å². The van der Waals surface area contributed by atoms with Crippen LogP contribution in [0.1, 0.15) is 53.4 Å². The molecule has 114 valence electrons. The van der Waals surface area contributed by atoms with Gasteiger partial charge >= 0.3 is 5.97 Å². The normalized spacial score (nSPS) is 15.8. The Balaban J connectivity index is 3.67. The highest BCUT2D eigenvalue weighted by atomic mass is 16.7. The van der Waals surface area contributed by atoms with Crippen LogP contribution in [0.15, 0.2) is 0 Å². The summed E-state index contributed by atoms with van der Waals surface area (Å²) in [6, 6.07) is 0. The van der Waals surface area contributed by atoms with E-state index in [4.69, 9.17) is 14.2 Å². The Morgan fingerprint density at radius 1 is 1.11 bits per heavy atom. The maximum atomic E-state index is 11.6. The molecule has 0 amide bonds. The summed E-state index contributed by atoms with van der Waals surface area (Å²) in [5, 5.41) is 0. The second kappa shape index (κ2) is 11.2. The van der Waals surface area contributed by atoms with Crippen molar-refractivity contribution in [1.29, 1.82) is 0 Å². The fourth-order valence-corrected chi connectivity index (χ4v) is 1.77. The van der Waals surface area contributed by atoms with Crippen LogP contribution >= 0.6 is 0 Å². The molecule has 0 aliphatic rings. The molecule has 4 heteroatoms. The Hall–Kier alpha value is -0.610. The lowest BCUT2D eigenvalue weighted by Crippen LogP contribution is -2.19. The number of carbonyl (C=O) groups is 1. The first-order valence-electron chi connectivity index (χ1n) is 7.31. The summed E-state index contributed by atoms with van der Waals surface area (Å²) in [6.45, 7) is 8.98. The van der Waals surface area contributed by atoms with Crippen molar-refractivity contribution < 1.29 is 19.0 Å². The Morgan fingerprint density at radius 3 is 2.37 bits per heavy atom. The smallest absolute Gasteiger partial charge is 0.306 e. The van der Waals surface area contributed by atoms with Gasteiger partial charge in [0.1, 0.15) is 6.61 Å². The first-order chi connectivity index (χ1) is 9.01. The molecule has 0 saturated heterocycles. The largest absolute Gasteiger partial charge is 0.463 e. The molecule has 0 saturated carbocycles. The predicted molar refractivity (Wildman–Crippen MR) is 75.9 cm³/mol. The lowest BCUT2D eigenvalue weighted by molar-refractivity contribution is -0.153. The summed E-state index contributed by atoms with van der Waals surface area (Å²) in [5.74, 6) is 0.805. The molecule has 0 radical (unpaired) electrons. The average Bonchev–Trinajstić information content (AvgIpc) is 2.40. The molecule has 0 N–H and O–H groups in total. The summed E-state index contributed by atoms with van der Waals surface area (Å²) in [5.41, 5.74) is 0. The van der Waals surface area contributed by atoms with E-state index in [-0.39, 0.29) is 12.3 Å². The second-order valence-electron chi connectivity index (χ2n) is 5.20. The molecule has 0 aromatic rings. The number of rotatable bonds is 11. The molecule has 0 spiro atoms. The summed E-state index contributed by atoms with van der Waals surface area (Å²) < 4.78 is 15.3. The zero-order chi connectivity index (χ0) is 14.7. The Bertz CT molecular complexity index is 230. The van der Waals surface area contributed by atoms with Crippen LogP contribution in [0.5, 0.6) is 0 Å². The predicted octanol–water partition coefficient (Wildman–Crippen LogP) is 3.39. The summed E-state index contributed by atoms with van der Waals surface area (Å²) in [6.07, 6.45) is 3.84. The van der Waals surface area contributed by atoms with Gasteiger partial charge in [0.05, 0.1) is 6.61 Å². The highest BCUT2D eigenvalue weighted by molar-refractivity contribution is 5.69. The molecular formula is C15H30O4. The van der Waals surface area contributed by atoms with Crippen LogP contribution in [0.3, 0.4) is 0 Å². The molecular weight excluding hydrogens is 244 g/mol. The first kappa shape index (κ1) is 18.4.